The number of halogens is 4. The average Bonchev–Trinajstić information content (AvgIpc) is 3.48. The minimum Gasteiger partial charge on any atom is -0.478 e. The number of methoxy groups -OCH3 is 1. The molecule has 210 valence electrons. The highest BCUT2D eigenvalue weighted by molar-refractivity contribution is 5.91. The van der Waals surface area contributed by atoms with Gasteiger partial charge in [-0.3, -0.25) is 9.48 Å². The van der Waals surface area contributed by atoms with E-state index in [9.17, 15) is 22.4 Å². The Kier molecular flexibility index (Phi) is 7.14. The third-order valence-electron chi connectivity index (χ3n) is 6.43. The van der Waals surface area contributed by atoms with Crippen molar-refractivity contribution in [3.63, 3.8) is 0 Å². The number of aliphatic hydroxyl groups excluding tert-OH is 1. The van der Waals surface area contributed by atoms with Gasteiger partial charge in [-0.2, -0.15) is 13.2 Å². The van der Waals surface area contributed by atoms with Gasteiger partial charge >= 0.3 is 6.18 Å². The van der Waals surface area contributed by atoms with Crippen molar-refractivity contribution >= 4 is 23.4 Å². The highest BCUT2D eigenvalue weighted by atomic mass is 19.4. The fraction of sp³-hybridized carbons (Fsp3) is 0.320. The van der Waals surface area contributed by atoms with E-state index in [1.54, 1.807) is 12.3 Å². The number of carbonyl (C=O) groups excluding carboxylic acids is 1. The summed E-state index contributed by atoms with van der Waals surface area (Å²) in [5, 5.41) is 22.1. The van der Waals surface area contributed by atoms with Crippen molar-refractivity contribution in [2.75, 3.05) is 24.4 Å². The number of aliphatic hydroxyl groups is 1. The Balaban J connectivity index is 1.21. The molecule has 0 saturated heterocycles. The molecule has 5 rings (SSSR count). The van der Waals surface area contributed by atoms with Crippen molar-refractivity contribution in [3.8, 4) is 17.0 Å². The number of rotatable bonds is 10. The monoisotopic (exact) mass is 561 g/mol. The first-order chi connectivity index (χ1) is 19.1. The molecule has 0 unspecified atom stereocenters. The molecule has 1 aliphatic carbocycles. The summed E-state index contributed by atoms with van der Waals surface area (Å²) in [5.41, 5.74) is -0.516. The number of alkyl halides is 3. The Morgan fingerprint density at radius 3 is 2.58 bits per heavy atom. The van der Waals surface area contributed by atoms with Crippen molar-refractivity contribution in [2.24, 2.45) is 0 Å². The van der Waals surface area contributed by atoms with Crippen LogP contribution in [0, 0.1) is 5.82 Å². The zero-order valence-electron chi connectivity index (χ0n) is 21.0. The van der Waals surface area contributed by atoms with Crippen LogP contribution in [0.15, 0.2) is 47.4 Å². The average molecular weight is 561 g/mol. The van der Waals surface area contributed by atoms with Crippen LogP contribution in [0.1, 0.15) is 24.2 Å². The highest BCUT2D eigenvalue weighted by Gasteiger charge is 2.66. The molecule has 15 heteroatoms. The van der Waals surface area contributed by atoms with E-state index in [0.717, 1.165) is 6.07 Å². The summed E-state index contributed by atoms with van der Waals surface area (Å²) >= 11 is 0. The smallest absolute Gasteiger partial charge is 0.401 e. The van der Waals surface area contributed by atoms with Gasteiger partial charge in [0.05, 0.1) is 32.9 Å². The molecule has 3 N–H and O–H groups in total. The fourth-order valence-electron chi connectivity index (χ4n) is 4.10. The molecule has 40 heavy (non-hydrogen) atoms. The topological polar surface area (TPSA) is 140 Å². The van der Waals surface area contributed by atoms with Gasteiger partial charge in [0.15, 0.2) is 11.6 Å². The standard InChI is InChI=1S/C25H23F4N7O4/c1-39-22-18(13-36(34-22)6-7-37)32-23-30-11-16(12-31-23)14-2-3-15(17(26)8-14)9-21(38)33-20-10-19(40-35-20)24(4-5-24)25(27,28)29/h2-3,8,10-13,37H,4-7,9H2,1H3,(H,30,31,32)(H,33,35,38). The summed E-state index contributed by atoms with van der Waals surface area (Å²) in [4.78, 5) is 20.9. The normalized spacial score (nSPS) is 14.2. The SMILES string of the molecule is COc1nn(CCO)cc1Nc1ncc(-c2ccc(CC(=O)Nc3cc(C4(C(F)(F)F)CC4)on3)c(F)c2)cn1. The lowest BCUT2D eigenvalue weighted by Gasteiger charge is -2.14. The molecule has 0 aliphatic heterocycles. The number of hydrogen-bond donors (Lipinski definition) is 3. The first kappa shape index (κ1) is 27.1. The third-order valence-corrected chi connectivity index (χ3v) is 6.43. The van der Waals surface area contributed by atoms with Crippen molar-refractivity contribution in [1.82, 2.24) is 24.9 Å². The van der Waals surface area contributed by atoms with Crippen LogP contribution in [0.4, 0.5) is 35.0 Å². The fourth-order valence-corrected chi connectivity index (χ4v) is 4.10. The van der Waals surface area contributed by atoms with Crippen LogP contribution < -0.4 is 15.4 Å². The maximum Gasteiger partial charge on any atom is 0.401 e. The summed E-state index contributed by atoms with van der Waals surface area (Å²) in [7, 11) is 1.45. The lowest BCUT2D eigenvalue weighted by molar-refractivity contribution is -0.165. The molecule has 0 atom stereocenters. The second-order valence-corrected chi connectivity index (χ2v) is 9.15. The van der Waals surface area contributed by atoms with Gasteiger partial charge in [0, 0.05) is 24.0 Å². The maximum absolute atomic E-state index is 14.8. The second kappa shape index (κ2) is 10.6. The molecule has 0 spiro atoms. The molecular weight excluding hydrogens is 538 g/mol. The predicted octanol–water partition coefficient (Wildman–Crippen LogP) is 3.99. The summed E-state index contributed by atoms with van der Waals surface area (Å²) < 4.78 is 66.1. The van der Waals surface area contributed by atoms with Gasteiger partial charge in [0.2, 0.25) is 11.9 Å². The predicted molar refractivity (Wildman–Crippen MR) is 132 cm³/mol. The van der Waals surface area contributed by atoms with Gasteiger partial charge in [0.1, 0.15) is 16.9 Å². The van der Waals surface area contributed by atoms with Gasteiger partial charge in [-0.15, -0.1) is 5.10 Å². The molecule has 1 amide bonds. The summed E-state index contributed by atoms with van der Waals surface area (Å²) in [5.74, 6) is -1.33. The van der Waals surface area contributed by atoms with Gasteiger partial charge in [-0.1, -0.05) is 17.3 Å². The Labute approximate surface area is 224 Å². The molecule has 3 heterocycles. The number of nitrogens with one attached hydrogen (secondary N) is 2. The Hall–Kier alpha value is -4.53. The molecule has 1 fully saturated rings. The molecule has 1 saturated carbocycles. The largest absolute Gasteiger partial charge is 0.478 e. The van der Waals surface area contributed by atoms with Crippen molar-refractivity contribution in [2.45, 2.75) is 37.4 Å². The van der Waals surface area contributed by atoms with Gasteiger partial charge in [-0.25, -0.2) is 14.4 Å². The first-order valence-electron chi connectivity index (χ1n) is 12.1. The first-order valence-corrected chi connectivity index (χ1v) is 12.1. The van der Waals surface area contributed by atoms with Crippen LogP contribution in [-0.2, 0) is 23.2 Å². The van der Waals surface area contributed by atoms with Crippen LogP contribution >= 0.6 is 0 Å². The van der Waals surface area contributed by atoms with E-state index in [1.165, 1.54) is 36.3 Å². The van der Waals surface area contributed by atoms with Crippen molar-refractivity contribution in [1.29, 1.82) is 0 Å². The van der Waals surface area contributed by atoms with Crippen LogP contribution in [-0.4, -0.2) is 55.8 Å². The molecular formula is C25H23F4N7O4. The van der Waals surface area contributed by atoms with Crippen molar-refractivity contribution < 1.29 is 36.7 Å². The quantitative estimate of drug-likeness (QED) is 0.245. The maximum atomic E-state index is 14.8. The van der Waals surface area contributed by atoms with Gasteiger partial charge in [0.25, 0.3) is 5.88 Å². The minimum atomic E-state index is -4.47. The van der Waals surface area contributed by atoms with Gasteiger partial charge < -0.3 is 25.0 Å². The van der Waals surface area contributed by atoms with E-state index in [-0.39, 0.29) is 55.5 Å². The Bertz CT molecular complexity index is 1510. The number of anilines is 3. The van der Waals surface area contributed by atoms with Crippen LogP contribution in [0.5, 0.6) is 5.88 Å². The zero-order chi connectivity index (χ0) is 28.5. The lowest BCUT2D eigenvalue weighted by Crippen LogP contribution is -2.28. The van der Waals surface area contributed by atoms with E-state index in [0.29, 0.717) is 22.7 Å². The number of hydrogen-bond acceptors (Lipinski definition) is 9. The highest BCUT2D eigenvalue weighted by Crippen LogP contribution is 2.59. The van der Waals surface area contributed by atoms with E-state index < -0.39 is 23.3 Å². The summed E-state index contributed by atoms with van der Waals surface area (Å²) in [6, 6.07) is 5.29. The zero-order valence-corrected chi connectivity index (χ0v) is 21.0. The molecule has 1 aliphatic rings. The number of benzene rings is 1. The van der Waals surface area contributed by atoms with E-state index in [2.05, 4.69) is 30.9 Å². The molecule has 4 aromatic rings. The van der Waals surface area contributed by atoms with Crippen LogP contribution in [0.2, 0.25) is 0 Å². The lowest BCUT2D eigenvalue weighted by atomic mass is 10.0. The Morgan fingerprint density at radius 2 is 1.95 bits per heavy atom. The number of amides is 1. The second-order valence-electron chi connectivity index (χ2n) is 9.15. The molecule has 3 aromatic heterocycles. The van der Waals surface area contributed by atoms with Crippen LogP contribution in [0.3, 0.4) is 0 Å². The van der Waals surface area contributed by atoms with Crippen molar-refractivity contribution in [3.05, 3.63) is 60.0 Å². The number of nitrogens with zero attached hydrogens (tertiary/aromatic N) is 5. The number of ether oxygens (including phenoxy) is 1. The Morgan fingerprint density at radius 1 is 1.20 bits per heavy atom. The third kappa shape index (κ3) is 5.45. The van der Waals surface area contributed by atoms with Gasteiger partial charge in [-0.05, 0) is 30.0 Å². The number of aromatic nitrogens is 5. The molecule has 11 nitrogen and oxygen atoms in total. The minimum absolute atomic E-state index is 0.0742. The molecule has 1 aromatic carbocycles. The number of carbonyl (C=O) groups is 1. The molecule has 0 bridgehead atoms. The van der Waals surface area contributed by atoms with E-state index in [1.807, 2.05) is 0 Å². The summed E-state index contributed by atoms with van der Waals surface area (Å²) in [6.45, 7) is 0.189. The van der Waals surface area contributed by atoms with E-state index >= 15 is 0 Å². The summed E-state index contributed by atoms with van der Waals surface area (Å²) in [6.07, 6.45) is -0.458. The van der Waals surface area contributed by atoms with E-state index in [4.69, 9.17) is 14.4 Å². The van der Waals surface area contributed by atoms with Crippen LogP contribution in [0.25, 0.3) is 11.1 Å². The molecule has 0 radical (unpaired) electrons.